The third-order valence-corrected chi connectivity index (χ3v) is 13.0. The third-order valence-electron chi connectivity index (χ3n) is 8.08. The Hall–Kier alpha value is -2.11. The van der Waals surface area contributed by atoms with Gasteiger partial charge in [0.25, 0.3) is 8.32 Å². The second-order valence-electron chi connectivity index (χ2n) is 10.8. The quantitative estimate of drug-likeness (QED) is 0.249. The number of aryl methyl sites for hydroxylation is 1. The monoisotopic (exact) mass is 572 g/mol. The van der Waals surface area contributed by atoms with Gasteiger partial charge in [0, 0.05) is 17.7 Å². The van der Waals surface area contributed by atoms with Crippen LogP contribution in [-0.4, -0.2) is 71.7 Å². The smallest absolute Gasteiger partial charge is 0.258 e. The molecule has 39 heavy (non-hydrogen) atoms. The van der Waals surface area contributed by atoms with E-state index in [-0.39, 0.29) is 0 Å². The van der Waals surface area contributed by atoms with E-state index in [4.69, 9.17) is 21.1 Å². The lowest BCUT2D eigenvalue weighted by molar-refractivity contribution is -0.366. The summed E-state index contributed by atoms with van der Waals surface area (Å²) in [6.07, 6.45) is -4.80. The molecule has 1 aliphatic heterocycles. The van der Waals surface area contributed by atoms with Crippen LogP contribution >= 0.6 is 11.6 Å². The van der Waals surface area contributed by atoms with Crippen molar-refractivity contribution in [3.63, 3.8) is 0 Å². The summed E-state index contributed by atoms with van der Waals surface area (Å²) in [5.74, 6) is -1.83. The van der Waals surface area contributed by atoms with E-state index >= 15 is 0 Å². The van der Waals surface area contributed by atoms with Crippen LogP contribution in [0.5, 0.6) is 0 Å². The third kappa shape index (κ3) is 5.34. The Bertz CT molecular complexity index is 1200. The van der Waals surface area contributed by atoms with Crippen LogP contribution in [0.15, 0.2) is 78.9 Å². The lowest BCUT2D eigenvalue weighted by Gasteiger charge is -2.47. The van der Waals surface area contributed by atoms with Crippen molar-refractivity contribution in [1.29, 1.82) is 0 Å². The van der Waals surface area contributed by atoms with Crippen molar-refractivity contribution in [3.8, 4) is 0 Å². The number of aliphatic hydroxyl groups is 4. The summed E-state index contributed by atoms with van der Waals surface area (Å²) in [4.78, 5) is 12.5. The van der Waals surface area contributed by atoms with E-state index in [2.05, 4.69) is 13.8 Å². The molecule has 3 unspecified atom stereocenters. The zero-order valence-electron chi connectivity index (χ0n) is 22.4. The van der Waals surface area contributed by atoms with Gasteiger partial charge in [0.15, 0.2) is 0 Å². The number of rotatable bonds is 9. The molecule has 9 heteroatoms. The summed E-state index contributed by atoms with van der Waals surface area (Å²) < 4.78 is 11.5. The van der Waals surface area contributed by atoms with Gasteiger partial charge in [-0.1, -0.05) is 92.2 Å². The van der Waals surface area contributed by atoms with Crippen molar-refractivity contribution < 1.29 is 34.7 Å². The highest BCUT2D eigenvalue weighted by Crippen LogP contribution is 2.43. The molecule has 5 atom stereocenters. The minimum atomic E-state index is -3.23. The first kappa shape index (κ1) is 29.9. The van der Waals surface area contributed by atoms with E-state index in [1.165, 1.54) is 7.11 Å². The molecular weight excluding hydrogens is 536 g/mol. The maximum Gasteiger partial charge on any atom is 0.258 e. The van der Waals surface area contributed by atoms with Gasteiger partial charge >= 0.3 is 0 Å². The lowest BCUT2D eigenvalue weighted by atomic mass is 9.87. The summed E-state index contributed by atoms with van der Waals surface area (Å²) in [6.45, 7) is 3.57. The van der Waals surface area contributed by atoms with Gasteiger partial charge in [-0.3, -0.25) is 0 Å². The molecule has 1 aliphatic rings. The molecule has 4 rings (SSSR count). The predicted octanol–water partition coefficient (Wildman–Crippen LogP) is 2.08. The zero-order valence-corrected chi connectivity index (χ0v) is 24.1. The molecule has 1 fully saturated rings. The van der Waals surface area contributed by atoms with E-state index in [0.29, 0.717) is 23.4 Å². The molecule has 210 valence electrons. The molecule has 0 aliphatic carbocycles. The average Bonchev–Trinajstić information content (AvgIpc) is 2.96. The molecule has 3 aromatic carbocycles. The fraction of sp³-hybridized carbons (Fsp3) is 0.400. The van der Waals surface area contributed by atoms with Crippen LogP contribution in [-0.2, 0) is 21.7 Å². The van der Waals surface area contributed by atoms with Crippen LogP contribution in [0, 0.1) is 0 Å². The van der Waals surface area contributed by atoms with E-state index < -0.39 is 50.2 Å². The van der Waals surface area contributed by atoms with Crippen LogP contribution in [0.4, 0.5) is 0 Å². The summed E-state index contributed by atoms with van der Waals surface area (Å²) in [5.41, 5.74) is 1.13. The number of halogens is 1. The number of hydrogen-bond donors (Lipinski definition) is 5. The lowest BCUT2D eigenvalue weighted by Crippen LogP contribution is -2.65. The van der Waals surface area contributed by atoms with E-state index in [1.807, 2.05) is 60.7 Å². The second-order valence-corrected chi connectivity index (χ2v) is 15.1. The SMILES string of the molecule is COC1(c2ccc(Cl)c(CCC(C)(C)[Si](O)(c3ccccc3)c3ccccc3)c2)OC(CO)[C@@H](O)C(O)[C@H]1O. The zero-order chi connectivity index (χ0) is 28.4. The maximum absolute atomic E-state index is 12.5. The van der Waals surface area contributed by atoms with Gasteiger partial charge in [0.1, 0.15) is 24.4 Å². The summed E-state index contributed by atoms with van der Waals surface area (Å²) in [5, 5.41) is 43.1. The van der Waals surface area contributed by atoms with Crippen molar-refractivity contribution >= 4 is 30.3 Å². The molecule has 0 saturated carbocycles. The maximum atomic E-state index is 12.5. The standard InChI is InChI=1S/C30H37ClO7Si/c1-29(2,39(36,22-10-6-4-7-11-22)23-12-8-5-9-13-23)17-16-20-18-21(14-15-24(20)31)30(37-3)28(35)27(34)26(33)25(19-32)38-30/h4-15,18,25-28,32-36H,16-17,19H2,1-3H3/t25?,26-,27?,28-,30?/m1/s1. The normalized spacial score (nSPS) is 26.0. The minimum absolute atomic E-state index is 0.387. The molecule has 7 nitrogen and oxygen atoms in total. The molecule has 0 amide bonds. The van der Waals surface area contributed by atoms with E-state index in [0.717, 1.165) is 15.9 Å². The summed E-state index contributed by atoms with van der Waals surface area (Å²) in [6, 6.07) is 24.6. The molecule has 0 bridgehead atoms. The fourth-order valence-corrected chi connectivity index (χ4v) is 9.53. The molecule has 1 heterocycles. The molecule has 1 saturated heterocycles. The Balaban J connectivity index is 1.69. The Morgan fingerprint density at radius 3 is 2.00 bits per heavy atom. The highest BCUT2D eigenvalue weighted by atomic mass is 35.5. The minimum Gasteiger partial charge on any atom is -0.424 e. The molecule has 0 spiro atoms. The highest BCUT2D eigenvalue weighted by molar-refractivity contribution is 6.98. The summed E-state index contributed by atoms with van der Waals surface area (Å²) >= 11 is 6.62. The van der Waals surface area contributed by atoms with Crippen molar-refractivity contribution in [2.75, 3.05) is 13.7 Å². The van der Waals surface area contributed by atoms with Crippen LogP contribution in [0.25, 0.3) is 0 Å². The van der Waals surface area contributed by atoms with Crippen LogP contribution in [0.3, 0.4) is 0 Å². The first-order chi connectivity index (χ1) is 18.5. The van der Waals surface area contributed by atoms with Gasteiger partial charge in [-0.2, -0.15) is 0 Å². The predicted molar refractivity (Wildman–Crippen MR) is 153 cm³/mol. The number of aliphatic hydroxyl groups excluding tert-OH is 4. The van der Waals surface area contributed by atoms with Gasteiger partial charge in [-0.15, -0.1) is 0 Å². The van der Waals surface area contributed by atoms with Crippen LogP contribution < -0.4 is 10.4 Å². The number of ether oxygens (including phenoxy) is 2. The van der Waals surface area contributed by atoms with Crippen molar-refractivity contribution in [2.24, 2.45) is 0 Å². The second kappa shape index (κ2) is 11.8. The summed E-state index contributed by atoms with van der Waals surface area (Å²) in [7, 11) is -1.91. The van der Waals surface area contributed by atoms with Gasteiger partial charge in [0.05, 0.1) is 6.61 Å². The van der Waals surface area contributed by atoms with E-state index in [9.17, 15) is 25.2 Å². The molecular formula is C30H37ClO7Si. The van der Waals surface area contributed by atoms with Gasteiger partial charge < -0.3 is 34.7 Å². The van der Waals surface area contributed by atoms with E-state index in [1.54, 1.807) is 18.2 Å². The topological polar surface area (TPSA) is 120 Å². The Morgan fingerprint density at radius 1 is 0.923 bits per heavy atom. The highest BCUT2D eigenvalue weighted by Gasteiger charge is 2.55. The van der Waals surface area contributed by atoms with Crippen LogP contribution in [0.1, 0.15) is 31.4 Å². The molecule has 0 radical (unpaired) electrons. The Morgan fingerprint density at radius 2 is 1.49 bits per heavy atom. The van der Waals surface area contributed by atoms with Crippen molar-refractivity contribution in [3.05, 3.63) is 95.0 Å². The van der Waals surface area contributed by atoms with Crippen molar-refractivity contribution in [1.82, 2.24) is 0 Å². The Kier molecular flexibility index (Phi) is 9.02. The molecule has 3 aromatic rings. The fourth-order valence-electron chi connectivity index (χ4n) is 5.58. The molecule has 5 N–H and O–H groups in total. The van der Waals surface area contributed by atoms with Gasteiger partial charge in [0.2, 0.25) is 5.79 Å². The van der Waals surface area contributed by atoms with Gasteiger partial charge in [-0.25, -0.2) is 0 Å². The van der Waals surface area contributed by atoms with Crippen LogP contribution in [0.2, 0.25) is 10.1 Å². The van der Waals surface area contributed by atoms with Gasteiger partial charge in [-0.05, 0) is 45.9 Å². The number of hydrogen-bond acceptors (Lipinski definition) is 7. The first-order valence-electron chi connectivity index (χ1n) is 13.0. The average molecular weight is 573 g/mol. The first-order valence-corrected chi connectivity index (χ1v) is 15.3. The number of benzene rings is 3. The largest absolute Gasteiger partial charge is 0.424 e. The Labute approximate surface area is 235 Å². The molecule has 0 aromatic heterocycles. The van der Waals surface area contributed by atoms with Crippen molar-refractivity contribution in [2.45, 2.75) is 61.9 Å². The number of methoxy groups -OCH3 is 1.